The van der Waals surface area contributed by atoms with Crippen molar-refractivity contribution in [1.29, 1.82) is 0 Å². The zero-order valence-corrected chi connectivity index (χ0v) is 20.4. The van der Waals surface area contributed by atoms with Crippen LogP contribution in [0.1, 0.15) is 135 Å². The van der Waals surface area contributed by atoms with E-state index >= 15 is 0 Å². The van der Waals surface area contributed by atoms with Gasteiger partial charge in [-0.15, -0.1) is 0 Å². The molecule has 0 radical (unpaired) electrons. The molecule has 1 unspecified atom stereocenters. The number of carboxylic acid groups (broad SMARTS) is 2. The summed E-state index contributed by atoms with van der Waals surface area (Å²) in [7, 11) is 0. The van der Waals surface area contributed by atoms with Gasteiger partial charge >= 0.3 is 11.9 Å². The van der Waals surface area contributed by atoms with E-state index in [0.717, 1.165) is 96.3 Å². The Kier molecular flexibility index (Phi) is 19.3. The summed E-state index contributed by atoms with van der Waals surface area (Å²) in [6, 6.07) is 0. The number of carboxylic acids is 2. The van der Waals surface area contributed by atoms with Crippen LogP contribution in [-0.4, -0.2) is 39.6 Å². The molecule has 0 bridgehead atoms. The van der Waals surface area contributed by atoms with Crippen molar-refractivity contribution < 1.29 is 29.7 Å². The van der Waals surface area contributed by atoms with Gasteiger partial charge in [0.05, 0.1) is 0 Å². The standard InChI is InChI=1S/C26H48O6/c1-23(28)26(25(31)32,20-16-12-8-4-2-6-10-14-18-22-27)21-17-13-9-5-3-7-11-15-19-24(29)30/h27H,2-22H2,1H3,(H,29,30)(H,31,32). The van der Waals surface area contributed by atoms with Gasteiger partial charge in [0.2, 0.25) is 0 Å². The van der Waals surface area contributed by atoms with Crippen molar-refractivity contribution in [2.75, 3.05) is 6.61 Å². The van der Waals surface area contributed by atoms with Gasteiger partial charge in [0.15, 0.2) is 0 Å². The average Bonchev–Trinajstić information content (AvgIpc) is 2.74. The Morgan fingerprint density at radius 3 is 1.22 bits per heavy atom. The lowest BCUT2D eigenvalue weighted by atomic mass is 9.75. The second kappa shape index (κ2) is 20.2. The Bertz CT molecular complexity index is 489. The molecule has 0 spiro atoms. The minimum absolute atomic E-state index is 0.215. The van der Waals surface area contributed by atoms with Crippen molar-refractivity contribution >= 4 is 17.7 Å². The quantitative estimate of drug-likeness (QED) is 0.112. The minimum atomic E-state index is -1.22. The highest BCUT2D eigenvalue weighted by molar-refractivity contribution is 6.01. The summed E-state index contributed by atoms with van der Waals surface area (Å²) in [4.78, 5) is 34.7. The summed E-state index contributed by atoms with van der Waals surface area (Å²) < 4.78 is 0. The van der Waals surface area contributed by atoms with E-state index in [-0.39, 0.29) is 18.8 Å². The number of rotatable bonds is 24. The lowest BCUT2D eigenvalue weighted by Gasteiger charge is -2.27. The van der Waals surface area contributed by atoms with Crippen LogP contribution in [0, 0.1) is 5.41 Å². The van der Waals surface area contributed by atoms with Gasteiger partial charge in [-0.3, -0.25) is 14.4 Å². The first kappa shape index (κ1) is 30.6. The van der Waals surface area contributed by atoms with E-state index in [1.54, 1.807) is 0 Å². The third-order valence-corrected chi connectivity index (χ3v) is 6.59. The van der Waals surface area contributed by atoms with Crippen molar-refractivity contribution in [3.8, 4) is 0 Å². The molecule has 0 aliphatic rings. The smallest absolute Gasteiger partial charge is 0.317 e. The summed E-state index contributed by atoms with van der Waals surface area (Å²) in [5.74, 6) is -1.91. The molecule has 1 atom stereocenters. The van der Waals surface area contributed by atoms with Crippen molar-refractivity contribution in [2.24, 2.45) is 5.41 Å². The lowest BCUT2D eigenvalue weighted by Crippen LogP contribution is -2.38. The van der Waals surface area contributed by atoms with Crippen LogP contribution < -0.4 is 0 Å². The van der Waals surface area contributed by atoms with Crippen LogP contribution in [0.4, 0.5) is 0 Å². The molecule has 0 amide bonds. The number of hydrogen-bond donors (Lipinski definition) is 3. The maximum Gasteiger partial charge on any atom is 0.317 e. The molecule has 0 rings (SSSR count). The van der Waals surface area contributed by atoms with E-state index in [4.69, 9.17) is 10.2 Å². The van der Waals surface area contributed by atoms with Gasteiger partial charge in [0.1, 0.15) is 11.2 Å². The van der Waals surface area contributed by atoms with E-state index in [1.165, 1.54) is 19.8 Å². The Morgan fingerprint density at radius 1 is 0.562 bits per heavy atom. The normalized spacial score (nSPS) is 13.1. The second-order valence-electron chi connectivity index (χ2n) is 9.32. The molecule has 0 aliphatic heterocycles. The third kappa shape index (κ3) is 15.4. The maximum atomic E-state index is 12.3. The summed E-state index contributed by atoms with van der Waals surface area (Å²) >= 11 is 0. The molecular weight excluding hydrogens is 408 g/mol. The first-order valence-corrected chi connectivity index (χ1v) is 12.9. The molecule has 32 heavy (non-hydrogen) atoms. The molecule has 188 valence electrons. The van der Waals surface area contributed by atoms with E-state index < -0.39 is 17.4 Å². The number of aliphatic hydroxyl groups is 1. The molecule has 6 nitrogen and oxygen atoms in total. The fourth-order valence-electron chi connectivity index (χ4n) is 4.38. The Balaban J connectivity index is 4.02. The van der Waals surface area contributed by atoms with Gasteiger partial charge in [-0.25, -0.2) is 0 Å². The largest absolute Gasteiger partial charge is 0.481 e. The van der Waals surface area contributed by atoms with Gasteiger partial charge in [0, 0.05) is 13.0 Å². The molecule has 0 heterocycles. The van der Waals surface area contributed by atoms with E-state index in [0.29, 0.717) is 12.8 Å². The van der Waals surface area contributed by atoms with Crippen LogP contribution in [0.2, 0.25) is 0 Å². The predicted molar refractivity (Wildman–Crippen MR) is 128 cm³/mol. The Morgan fingerprint density at radius 2 is 0.906 bits per heavy atom. The monoisotopic (exact) mass is 456 g/mol. The van der Waals surface area contributed by atoms with Crippen LogP contribution in [0.5, 0.6) is 0 Å². The summed E-state index contributed by atoms with van der Waals surface area (Å²) in [5, 5.41) is 27.2. The molecule has 0 saturated carbocycles. The SMILES string of the molecule is CC(=O)C(CCCCCCCCCCCO)(CCCCCCCCCCC(=O)O)C(=O)O. The predicted octanol–water partition coefficient (Wildman–Crippen LogP) is 6.53. The van der Waals surface area contributed by atoms with Crippen molar-refractivity contribution in [2.45, 2.75) is 135 Å². The molecule has 0 saturated heterocycles. The van der Waals surface area contributed by atoms with Crippen LogP contribution in [-0.2, 0) is 14.4 Å². The highest BCUT2D eigenvalue weighted by atomic mass is 16.4. The van der Waals surface area contributed by atoms with Crippen molar-refractivity contribution in [1.82, 2.24) is 0 Å². The van der Waals surface area contributed by atoms with Gasteiger partial charge in [-0.2, -0.15) is 0 Å². The minimum Gasteiger partial charge on any atom is -0.481 e. The fourth-order valence-corrected chi connectivity index (χ4v) is 4.38. The summed E-state index contributed by atoms with van der Waals surface area (Å²) in [5.41, 5.74) is -1.22. The molecule has 0 fully saturated rings. The Labute approximate surface area is 195 Å². The van der Waals surface area contributed by atoms with Crippen LogP contribution in [0.25, 0.3) is 0 Å². The molecule has 0 aromatic carbocycles. The van der Waals surface area contributed by atoms with Gasteiger partial charge in [0.25, 0.3) is 0 Å². The number of hydrogen-bond acceptors (Lipinski definition) is 4. The first-order chi connectivity index (χ1) is 15.4. The highest BCUT2D eigenvalue weighted by Crippen LogP contribution is 2.33. The zero-order valence-electron chi connectivity index (χ0n) is 20.4. The molecular formula is C26H48O6. The number of aliphatic carboxylic acids is 2. The number of Topliss-reactive ketones (excluding diaryl/α,β-unsaturated/α-hetero) is 1. The van der Waals surface area contributed by atoms with Crippen LogP contribution in [0.3, 0.4) is 0 Å². The fraction of sp³-hybridized carbons (Fsp3) is 0.885. The Hall–Kier alpha value is -1.43. The molecule has 0 aliphatic carbocycles. The first-order valence-electron chi connectivity index (χ1n) is 12.9. The lowest BCUT2D eigenvalue weighted by molar-refractivity contribution is -0.155. The molecule has 0 aromatic rings. The highest BCUT2D eigenvalue weighted by Gasteiger charge is 2.42. The maximum absolute atomic E-state index is 12.3. The van der Waals surface area contributed by atoms with Gasteiger partial charge in [-0.1, -0.05) is 96.3 Å². The number of carbonyl (C=O) groups is 3. The van der Waals surface area contributed by atoms with Crippen molar-refractivity contribution in [3.63, 3.8) is 0 Å². The topological polar surface area (TPSA) is 112 Å². The molecule has 0 aromatic heterocycles. The van der Waals surface area contributed by atoms with E-state index in [1.807, 2.05) is 0 Å². The van der Waals surface area contributed by atoms with Crippen molar-refractivity contribution in [3.05, 3.63) is 0 Å². The number of ketones is 1. The summed E-state index contributed by atoms with van der Waals surface area (Å²) in [6.45, 7) is 1.70. The summed E-state index contributed by atoms with van der Waals surface area (Å²) in [6.07, 6.45) is 18.2. The van der Waals surface area contributed by atoms with Crippen LogP contribution in [0.15, 0.2) is 0 Å². The number of aliphatic hydroxyl groups excluding tert-OH is 1. The molecule has 6 heteroatoms. The van der Waals surface area contributed by atoms with Crippen LogP contribution >= 0.6 is 0 Å². The number of unbranched alkanes of at least 4 members (excludes halogenated alkanes) is 15. The average molecular weight is 457 g/mol. The van der Waals surface area contributed by atoms with E-state index in [9.17, 15) is 19.5 Å². The van der Waals surface area contributed by atoms with Gasteiger partial charge in [-0.05, 0) is 32.6 Å². The number of carbonyl (C=O) groups excluding carboxylic acids is 1. The second-order valence-corrected chi connectivity index (χ2v) is 9.32. The third-order valence-electron chi connectivity index (χ3n) is 6.59. The van der Waals surface area contributed by atoms with E-state index in [2.05, 4.69) is 0 Å². The zero-order chi connectivity index (χ0) is 24.1. The molecule has 3 N–H and O–H groups in total. The van der Waals surface area contributed by atoms with Gasteiger partial charge < -0.3 is 15.3 Å².